The van der Waals surface area contributed by atoms with Crippen LogP contribution >= 0.6 is 11.3 Å². The number of rotatable bonds is 4. The van der Waals surface area contributed by atoms with Gasteiger partial charge in [-0.1, -0.05) is 0 Å². The van der Waals surface area contributed by atoms with Gasteiger partial charge in [-0.15, -0.1) is 11.3 Å². The maximum absolute atomic E-state index is 13.9. The smallest absolute Gasteiger partial charge is 0.367 e. The maximum Gasteiger partial charge on any atom is 0.434 e. The number of halogens is 6. The maximum atomic E-state index is 13.9. The number of piperazine rings is 1. The number of fused-ring (bicyclic) bond motifs is 1. The molecule has 2 aliphatic rings. The Morgan fingerprint density at radius 1 is 1.03 bits per heavy atom. The predicted molar refractivity (Wildman–Crippen MR) is 134 cm³/mol. The quantitative estimate of drug-likeness (QED) is 0.413. The number of anilines is 2. The molecule has 1 aromatic carbocycles. The number of hydrogen-bond donors (Lipinski definition) is 0. The van der Waals surface area contributed by atoms with E-state index >= 15 is 0 Å². The summed E-state index contributed by atoms with van der Waals surface area (Å²) in [6.45, 7) is 5.15. The first-order chi connectivity index (χ1) is 18.3. The van der Waals surface area contributed by atoms with Crippen LogP contribution in [0.4, 0.5) is 37.2 Å². The molecule has 0 N–H and O–H groups in total. The van der Waals surface area contributed by atoms with Crippen molar-refractivity contribution in [3.63, 3.8) is 0 Å². The number of hydrogen-bond acceptors (Lipinski definition) is 6. The summed E-state index contributed by atoms with van der Waals surface area (Å²) in [4.78, 5) is 22.0. The molecule has 0 radical (unpaired) electrons. The van der Waals surface area contributed by atoms with E-state index in [1.54, 1.807) is 26.7 Å². The third-order valence-corrected chi connectivity index (χ3v) is 8.15. The van der Waals surface area contributed by atoms with Crippen molar-refractivity contribution in [2.75, 3.05) is 36.0 Å². The van der Waals surface area contributed by atoms with E-state index in [4.69, 9.17) is 0 Å². The van der Waals surface area contributed by atoms with Crippen LogP contribution in [0.15, 0.2) is 29.8 Å². The lowest BCUT2D eigenvalue weighted by atomic mass is 9.91. The second-order valence-corrected chi connectivity index (χ2v) is 10.6. The van der Waals surface area contributed by atoms with Gasteiger partial charge >= 0.3 is 12.4 Å². The molecule has 1 atom stereocenters. The minimum absolute atomic E-state index is 0.00545. The van der Waals surface area contributed by atoms with Crippen LogP contribution in [-0.2, 0) is 36.7 Å². The van der Waals surface area contributed by atoms with Crippen LogP contribution in [0.2, 0.25) is 0 Å². The van der Waals surface area contributed by atoms with Crippen molar-refractivity contribution < 1.29 is 31.1 Å². The monoisotopic (exact) mass is 572 g/mol. The van der Waals surface area contributed by atoms with Crippen LogP contribution in [0.1, 0.15) is 35.0 Å². The normalized spacial score (nSPS) is 18.5. The van der Waals surface area contributed by atoms with Gasteiger partial charge in [-0.3, -0.25) is 9.48 Å². The average Bonchev–Trinajstić information content (AvgIpc) is 3.52. The van der Waals surface area contributed by atoms with E-state index in [1.165, 1.54) is 6.07 Å². The van der Waals surface area contributed by atoms with E-state index in [2.05, 4.69) is 10.1 Å². The lowest BCUT2D eigenvalue weighted by molar-refractivity contribution is -0.141. The van der Waals surface area contributed by atoms with Crippen molar-refractivity contribution in [3.05, 3.63) is 57.9 Å². The first kappa shape index (κ1) is 27.3. The van der Waals surface area contributed by atoms with Crippen molar-refractivity contribution in [3.8, 4) is 0 Å². The number of carbonyl (C=O) groups is 1. The Labute approximate surface area is 224 Å². The molecule has 3 aromatic rings. The Bertz CT molecular complexity index is 1370. The molecule has 4 heterocycles. The molecular formula is C25H26F6N6OS. The largest absolute Gasteiger partial charge is 0.434 e. The van der Waals surface area contributed by atoms with Gasteiger partial charge in [-0.2, -0.15) is 31.4 Å². The summed E-state index contributed by atoms with van der Waals surface area (Å²) >= 11 is 0.823. The lowest BCUT2D eigenvalue weighted by Crippen LogP contribution is -2.55. The Hall–Kier alpha value is -3.29. The first-order valence-electron chi connectivity index (χ1n) is 12.4. The molecule has 0 spiro atoms. The van der Waals surface area contributed by atoms with Gasteiger partial charge in [0.25, 0.3) is 0 Å². The number of aryl methyl sites for hydroxylation is 1. The van der Waals surface area contributed by atoms with Crippen LogP contribution in [0.25, 0.3) is 0 Å². The highest BCUT2D eigenvalue weighted by Crippen LogP contribution is 2.42. The number of aromatic nitrogens is 3. The summed E-state index contributed by atoms with van der Waals surface area (Å²) < 4.78 is 82.6. The van der Waals surface area contributed by atoms with Crippen LogP contribution in [0, 0.1) is 6.92 Å². The van der Waals surface area contributed by atoms with Gasteiger partial charge in [0, 0.05) is 61.7 Å². The Kier molecular flexibility index (Phi) is 7.02. The van der Waals surface area contributed by atoms with E-state index in [0.29, 0.717) is 30.9 Å². The average molecular weight is 573 g/mol. The van der Waals surface area contributed by atoms with Gasteiger partial charge in [0.15, 0.2) is 10.8 Å². The van der Waals surface area contributed by atoms with Gasteiger partial charge in [0.05, 0.1) is 5.56 Å². The number of carbonyl (C=O) groups excluding carboxylic acids is 1. The summed E-state index contributed by atoms with van der Waals surface area (Å²) in [6, 6.07) is 4.11. The molecule has 7 nitrogen and oxygen atoms in total. The minimum atomic E-state index is -4.60. The van der Waals surface area contributed by atoms with Crippen molar-refractivity contribution in [1.29, 1.82) is 0 Å². The van der Waals surface area contributed by atoms with E-state index in [0.717, 1.165) is 28.5 Å². The molecule has 0 unspecified atom stereocenters. The van der Waals surface area contributed by atoms with Crippen LogP contribution in [-0.4, -0.2) is 57.8 Å². The Morgan fingerprint density at radius 3 is 2.41 bits per heavy atom. The molecule has 39 heavy (non-hydrogen) atoms. The lowest BCUT2D eigenvalue weighted by Gasteiger charge is -2.43. The third kappa shape index (κ3) is 5.43. The van der Waals surface area contributed by atoms with E-state index in [1.807, 2.05) is 18.7 Å². The molecule has 0 aliphatic carbocycles. The number of benzene rings is 1. The van der Waals surface area contributed by atoms with Gasteiger partial charge < -0.3 is 14.7 Å². The Balaban J connectivity index is 1.40. The molecule has 5 rings (SSSR count). The number of alkyl halides is 6. The van der Waals surface area contributed by atoms with E-state index in [9.17, 15) is 31.1 Å². The zero-order chi connectivity index (χ0) is 28.1. The van der Waals surface area contributed by atoms with Crippen LogP contribution < -0.4 is 9.80 Å². The predicted octanol–water partition coefficient (Wildman–Crippen LogP) is 4.99. The topological polar surface area (TPSA) is 57.5 Å². The van der Waals surface area contributed by atoms with Gasteiger partial charge in [0.1, 0.15) is 6.54 Å². The Morgan fingerprint density at radius 2 is 1.79 bits per heavy atom. The fourth-order valence-corrected chi connectivity index (χ4v) is 6.11. The molecular weight excluding hydrogens is 546 g/mol. The van der Waals surface area contributed by atoms with E-state index in [-0.39, 0.29) is 48.7 Å². The van der Waals surface area contributed by atoms with E-state index < -0.39 is 23.6 Å². The summed E-state index contributed by atoms with van der Waals surface area (Å²) in [5.74, 6) is -0.0983. The molecule has 0 saturated carbocycles. The molecule has 2 aliphatic heterocycles. The highest BCUT2D eigenvalue weighted by Gasteiger charge is 2.39. The molecule has 1 saturated heterocycles. The van der Waals surface area contributed by atoms with Gasteiger partial charge in [-0.05, 0) is 49.6 Å². The highest BCUT2D eigenvalue weighted by atomic mass is 32.1. The molecule has 0 bridgehead atoms. The molecule has 14 heteroatoms. The summed E-state index contributed by atoms with van der Waals surface area (Å²) in [7, 11) is 0. The third-order valence-electron chi connectivity index (χ3n) is 7.25. The number of thiazole rings is 1. The zero-order valence-corrected chi connectivity index (χ0v) is 22.0. The summed E-state index contributed by atoms with van der Waals surface area (Å²) in [6.07, 6.45) is -7.51. The van der Waals surface area contributed by atoms with Crippen molar-refractivity contribution in [1.82, 2.24) is 19.7 Å². The number of amides is 1. The van der Waals surface area contributed by atoms with Crippen molar-refractivity contribution in [2.24, 2.45) is 0 Å². The standard InChI is InChI=1S/C25H26F6N6OS/c1-15-5-7-32-37(15)13-22(38)36-10-9-34(11-16(36)2)20-4-3-19(24(26,27)28)17-6-8-35(12-18(17)20)23-33-21(14-39-23)25(29,30)31/h3-5,7,14,16H,6,8-13H2,1-2H3/t16-/m1/s1. The second-order valence-electron chi connectivity index (χ2n) is 9.78. The molecule has 210 valence electrons. The SMILES string of the molecule is Cc1ccnn1CC(=O)N1CCN(c2ccc(C(F)(F)F)c3c2CN(c2nc(C(F)(F)F)cs2)CC3)C[C@H]1C. The molecule has 1 fully saturated rings. The fourth-order valence-electron chi connectivity index (χ4n) is 5.25. The molecule has 2 aromatic heterocycles. The van der Waals surface area contributed by atoms with Gasteiger partial charge in [0.2, 0.25) is 5.91 Å². The van der Waals surface area contributed by atoms with Gasteiger partial charge in [-0.25, -0.2) is 4.98 Å². The summed E-state index contributed by atoms with van der Waals surface area (Å²) in [5.41, 5.74) is 0.295. The van der Waals surface area contributed by atoms with Crippen molar-refractivity contribution >= 4 is 28.1 Å². The second kappa shape index (κ2) is 10.0. The zero-order valence-electron chi connectivity index (χ0n) is 21.2. The van der Waals surface area contributed by atoms with Crippen LogP contribution in [0.5, 0.6) is 0 Å². The highest BCUT2D eigenvalue weighted by molar-refractivity contribution is 7.13. The van der Waals surface area contributed by atoms with Crippen LogP contribution in [0.3, 0.4) is 0 Å². The first-order valence-corrected chi connectivity index (χ1v) is 13.2. The van der Waals surface area contributed by atoms with Crippen molar-refractivity contribution in [2.45, 2.75) is 51.8 Å². The fraction of sp³-hybridized carbons (Fsp3) is 0.480. The number of nitrogens with zero attached hydrogens (tertiary/aromatic N) is 6. The molecule has 1 amide bonds. The minimum Gasteiger partial charge on any atom is -0.367 e. The summed E-state index contributed by atoms with van der Waals surface area (Å²) in [5, 5.41) is 5.19.